The first-order chi connectivity index (χ1) is 7.40. The van der Waals surface area contributed by atoms with E-state index in [4.69, 9.17) is 0 Å². The summed E-state index contributed by atoms with van der Waals surface area (Å²) in [5, 5.41) is 9.03. The second-order valence-corrected chi connectivity index (χ2v) is 3.43. The molecule has 3 rings (SSSR count). The molecule has 15 heavy (non-hydrogen) atoms. The molecule has 4 nitrogen and oxygen atoms in total. The van der Waals surface area contributed by atoms with Gasteiger partial charge in [0, 0.05) is 5.39 Å². The number of aromatic nitrogens is 4. The summed E-state index contributed by atoms with van der Waals surface area (Å²) in [6.07, 6.45) is 2.61. The number of hydrogen-bond acceptors (Lipinski definition) is 3. The van der Waals surface area contributed by atoms with Gasteiger partial charge in [-0.05, 0) is 12.5 Å². The Morgan fingerprint density at radius 3 is 3.00 bits per heavy atom. The fourth-order valence-corrected chi connectivity index (χ4v) is 1.85. The molecular weight excluding hydrogens is 188 g/mol. The van der Waals surface area contributed by atoms with Crippen molar-refractivity contribution in [1.29, 1.82) is 0 Å². The van der Waals surface area contributed by atoms with Crippen molar-refractivity contribution in [3.05, 3.63) is 36.3 Å². The minimum atomic E-state index is 0.672. The second kappa shape index (κ2) is 3.02. The molecule has 0 aliphatic carbocycles. The summed E-state index contributed by atoms with van der Waals surface area (Å²) < 4.78 is 1.91. The molecule has 0 unspecified atom stereocenters. The molecule has 0 aliphatic heterocycles. The van der Waals surface area contributed by atoms with Crippen LogP contribution in [0.4, 0.5) is 0 Å². The highest BCUT2D eigenvalue weighted by Crippen LogP contribution is 2.18. The molecule has 4 heteroatoms. The summed E-state index contributed by atoms with van der Waals surface area (Å²) in [7, 11) is 0. The van der Waals surface area contributed by atoms with Crippen LogP contribution in [0.15, 0.2) is 30.6 Å². The maximum atomic E-state index is 4.47. The minimum absolute atomic E-state index is 0.672. The quantitative estimate of drug-likeness (QED) is 0.599. The molecule has 0 atom stereocenters. The molecule has 2 heterocycles. The molecule has 1 aromatic carbocycles. The van der Waals surface area contributed by atoms with Crippen molar-refractivity contribution in [2.24, 2.45) is 0 Å². The third-order valence-electron chi connectivity index (χ3n) is 2.57. The number of fused-ring (bicyclic) bond motifs is 3. The van der Waals surface area contributed by atoms with Gasteiger partial charge in [0.15, 0.2) is 0 Å². The molecule has 0 fully saturated rings. The first-order valence-corrected chi connectivity index (χ1v) is 4.97. The zero-order valence-corrected chi connectivity index (χ0v) is 8.38. The number of rotatable bonds is 1. The summed E-state index contributed by atoms with van der Waals surface area (Å²) in [5.74, 6) is 0.672. The molecule has 0 saturated heterocycles. The van der Waals surface area contributed by atoms with Crippen molar-refractivity contribution in [2.45, 2.75) is 13.3 Å². The van der Waals surface area contributed by atoms with Crippen molar-refractivity contribution >= 4 is 16.7 Å². The average molecular weight is 198 g/mol. The lowest BCUT2D eigenvalue weighted by atomic mass is 10.1. The summed E-state index contributed by atoms with van der Waals surface area (Å²) >= 11 is 0. The van der Waals surface area contributed by atoms with Crippen LogP contribution in [0, 0.1) is 0 Å². The van der Waals surface area contributed by atoms with Crippen LogP contribution in [0.5, 0.6) is 0 Å². The Balaban J connectivity index is 2.58. The van der Waals surface area contributed by atoms with Crippen molar-refractivity contribution in [1.82, 2.24) is 19.6 Å². The molecule has 0 N–H and O–H groups in total. The summed E-state index contributed by atoms with van der Waals surface area (Å²) in [4.78, 5) is 4.47. The molecule has 74 valence electrons. The first kappa shape index (κ1) is 8.35. The molecule has 0 aliphatic rings. The Labute approximate surface area is 86.6 Å². The largest absolute Gasteiger partial charge is 0.265 e. The highest BCUT2D eigenvalue weighted by molar-refractivity contribution is 5.83. The van der Waals surface area contributed by atoms with Gasteiger partial charge in [-0.3, -0.25) is 4.40 Å². The highest BCUT2D eigenvalue weighted by atomic mass is 15.3. The third-order valence-corrected chi connectivity index (χ3v) is 2.57. The van der Waals surface area contributed by atoms with Crippen LogP contribution in [0.25, 0.3) is 16.7 Å². The van der Waals surface area contributed by atoms with E-state index in [1.165, 1.54) is 5.39 Å². The number of para-hydroxylation sites is 1. The van der Waals surface area contributed by atoms with E-state index >= 15 is 0 Å². The Morgan fingerprint density at radius 2 is 2.13 bits per heavy atom. The molecule has 0 bridgehead atoms. The zero-order valence-electron chi connectivity index (χ0n) is 8.38. The number of benzene rings is 1. The van der Waals surface area contributed by atoms with E-state index in [-0.39, 0.29) is 0 Å². The van der Waals surface area contributed by atoms with Crippen LogP contribution in [0.2, 0.25) is 0 Å². The van der Waals surface area contributed by atoms with Crippen LogP contribution in [0.1, 0.15) is 12.6 Å². The van der Waals surface area contributed by atoms with Crippen LogP contribution in [-0.2, 0) is 6.42 Å². The molecule has 2 aromatic heterocycles. The molecule has 0 spiro atoms. The summed E-state index contributed by atoms with van der Waals surface area (Å²) in [6.45, 7) is 2.10. The van der Waals surface area contributed by atoms with Gasteiger partial charge in [-0.25, -0.2) is 4.98 Å². The monoisotopic (exact) mass is 198 g/mol. The van der Waals surface area contributed by atoms with Gasteiger partial charge in [-0.15, -0.1) is 10.2 Å². The lowest BCUT2D eigenvalue weighted by Gasteiger charge is -2.04. The zero-order chi connectivity index (χ0) is 10.3. The fraction of sp³-hybridized carbons (Fsp3) is 0.182. The summed E-state index contributed by atoms with van der Waals surface area (Å²) in [5.41, 5.74) is 2.19. The van der Waals surface area contributed by atoms with E-state index in [1.54, 1.807) is 6.33 Å². The van der Waals surface area contributed by atoms with Gasteiger partial charge in [-0.2, -0.15) is 0 Å². The first-order valence-electron chi connectivity index (χ1n) is 4.97. The fourth-order valence-electron chi connectivity index (χ4n) is 1.85. The van der Waals surface area contributed by atoms with Crippen molar-refractivity contribution in [3.63, 3.8) is 0 Å². The lowest BCUT2D eigenvalue weighted by molar-refractivity contribution is 1.02. The Kier molecular flexibility index (Phi) is 1.68. The lowest BCUT2D eigenvalue weighted by Crippen LogP contribution is -1.96. The minimum Gasteiger partial charge on any atom is -0.265 e. The van der Waals surface area contributed by atoms with Crippen LogP contribution in [0.3, 0.4) is 0 Å². The average Bonchev–Trinajstić information content (AvgIpc) is 2.76. The Bertz CT molecular complexity index is 627. The van der Waals surface area contributed by atoms with Crippen molar-refractivity contribution in [3.8, 4) is 0 Å². The maximum absolute atomic E-state index is 4.47. The normalized spacial score (nSPS) is 11.3. The predicted molar refractivity (Wildman–Crippen MR) is 57.7 cm³/mol. The van der Waals surface area contributed by atoms with E-state index in [1.807, 2.05) is 16.5 Å². The van der Waals surface area contributed by atoms with Crippen LogP contribution in [-0.4, -0.2) is 19.6 Å². The number of aryl methyl sites for hydroxylation is 1. The number of hydrogen-bond donors (Lipinski definition) is 0. The van der Waals surface area contributed by atoms with Gasteiger partial charge in [-0.1, -0.05) is 25.1 Å². The van der Waals surface area contributed by atoms with Gasteiger partial charge < -0.3 is 0 Å². The Morgan fingerprint density at radius 1 is 1.27 bits per heavy atom. The van der Waals surface area contributed by atoms with Crippen LogP contribution >= 0.6 is 0 Å². The molecule has 0 saturated carbocycles. The van der Waals surface area contributed by atoms with Crippen molar-refractivity contribution < 1.29 is 0 Å². The molecule has 0 radical (unpaired) electrons. The smallest absolute Gasteiger partial charge is 0.255 e. The van der Waals surface area contributed by atoms with Gasteiger partial charge in [0.1, 0.15) is 6.33 Å². The SMILES string of the molecule is CCc1nc2nncn2c2ccccc12. The van der Waals surface area contributed by atoms with Gasteiger partial charge in [0.2, 0.25) is 0 Å². The summed E-state index contributed by atoms with van der Waals surface area (Å²) in [6, 6.07) is 8.19. The second-order valence-electron chi connectivity index (χ2n) is 3.43. The van der Waals surface area contributed by atoms with Crippen molar-refractivity contribution in [2.75, 3.05) is 0 Å². The Hall–Kier alpha value is -1.97. The highest BCUT2D eigenvalue weighted by Gasteiger charge is 2.06. The van der Waals surface area contributed by atoms with E-state index in [9.17, 15) is 0 Å². The third kappa shape index (κ3) is 1.11. The molecule has 0 amide bonds. The predicted octanol–water partition coefficient (Wildman–Crippen LogP) is 1.84. The van der Waals surface area contributed by atoms with Gasteiger partial charge in [0.25, 0.3) is 5.78 Å². The van der Waals surface area contributed by atoms with Gasteiger partial charge >= 0.3 is 0 Å². The molecule has 3 aromatic rings. The van der Waals surface area contributed by atoms with E-state index in [2.05, 4.69) is 34.2 Å². The molecular formula is C11H10N4. The van der Waals surface area contributed by atoms with E-state index in [0.717, 1.165) is 17.6 Å². The van der Waals surface area contributed by atoms with Gasteiger partial charge in [0.05, 0.1) is 11.2 Å². The standard InChI is InChI=1S/C11H10N4/c1-2-9-8-5-3-4-6-10(8)15-7-12-14-11(15)13-9/h3-7H,2H2,1H3. The van der Waals surface area contributed by atoms with E-state index in [0.29, 0.717) is 5.78 Å². The number of nitrogens with zero attached hydrogens (tertiary/aromatic N) is 4. The van der Waals surface area contributed by atoms with E-state index < -0.39 is 0 Å². The maximum Gasteiger partial charge on any atom is 0.255 e. The topological polar surface area (TPSA) is 43.1 Å². The van der Waals surface area contributed by atoms with Crippen LogP contribution < -0.4 is 0 Å².